The second-order valence-electron chi connectivity index (χ2n) is 7.95. The monoisotopic (exact) mass is 451 g/mol. The number of thiazole rings is 1. The minimum Gasteiger partial charge on any atom is -0.368 e. The number of dihydropyridines is 1. The first-order valence-electron chi connectivity index (χ1n) is 10.5. The molecule has 0 bridgehead atoms. The van der Waals surface area contributed by atoms with E-state index >= 15 is 0 Å². The predicted molar refractivity (Wildman–Crippen MR) is 125 cm³/mol. The van der Waals surface area contributed by atoms with Gasteiger partial charge in [-0.3, -0.25) is 14.4 Å². The molecule has 4 rings (SSSR count). The topological polar surface area (TPSA) is 95.0 Å². The molecule has 9 heteroatoms. The van der Waals surface area contributed by atoms with Crippen molar-refractivity contribution in [2.75, 3.05) is 36.4 Å². The van der Waals surface area contributed by atoms with Crippen LogP contribution in [0.25, 0.3) is 0 Å². The van der Waals surface area contributed by atoms with Crippen molar-refractivity contribution >= 4 is 46.1 Å². The summed E-state index contributed by atoms with van der Waals surface area (Å²) < 4.78 is 0. The van der Waals surface area contributed by atoms with Crippen LogP contribution in [0, 0.1) is 19.8 Å². The highest BCUT2D eigenvalue weighted by molar-refractivity contribution is 7.14. The molecule has 0 aliphatic carbocycles. The standard InChI is InChI=1S/C23H25N5O3S/c1-15-5-6-16(2)19(12-15)27-8-10-28(11-9-27)20(29)13-17-14-32-23(25-17)26-22(31)18-4-3-7-24-21(18)30/h3-7,12,14,18H,8-11,13H2,1-2H3,(H,25,26,31). The lowest BCUT2D eigenvalue weighted by Crippen LogP contribution is -2.49. The van der Waals surface area contributed by atoms with E-state index in [9.17, 15) is 14.4 Å². The number of carbonyl (C=O) groups excluding carboxylic acids is 3. The van der Waals surface area contributed by atoms with Crippen molar-refractivity contribution in [2.24, 2.45) is 10.9 Å². The highest BCUT2D eigenvalue weighted by Crippen LogP contribution is 2.23. The molecule has 2 aromatic rings. The first kappa shape index (κ1) is 21.9. The predicted octanol–water partition coefficient (Wildman–Crippen LogP) is 2.37. The van der Waals surface area contributed by atoms with Gasteiger partial charge in [0.05, 0.1) is 12.1 Å². The Morgan fingerprint density at radius 1 is 1.19 bits per heavy atom. The van der Waals surface area contributed by atoms with E-state index in [-0.39, 0.29) is 12.3 Å². The maximum Gasteiger partial charge on any atom is 0.262 e. The summed E-state index contributed by atoms with van der Waals surface area (Å²) in [5.41, 5.74) is 4.31. The molecule has 3 amide bonds. The Morgan fingerprint density at radius 2 is 1.97 bits per heavy atom. The first-order chi connectivity index (χ1) is 15.4. The molecule has 2 aliphatic rings. The molecule has 2 aliphatic heterocycles. The fourth-order valence-corrected chi connectivity index (χ4v) is 4.50. The fraction of sp³-hybridized carbons (Fsp3) is 0.348. The smallest absolute Gasteiger partial charge is 0.262 e. The Bertz CT molecular complexity index is 1100. The quantitative estimate of drug-likeness (QED) is 0.705. The zero-order valence-electron chi connectivity index (χ0n) is 18.1. The second-order valence-corrected chi connectivity index (χ2v) is 8.80. The van der Waals surface area contributed by atoms with Gasteiger partial charge in [0.15, 0.2) is 5.13 Å². The maximum atomic E-state index is 12.8. The Hall–Kier alpha value is -3.33. The van der Waals surface area contributed by atoms with Crippen molar-refractivity contribution in [3.05, 3.63) is 52.6 Å². The summed E-state index contributed by atoms with van der Waals surface area (Å²) in [4.78, 5) is 48.9. The van der Waals surface area contributed by atoms with Crippen LogP contribution in [-0.2, 0) is 20.8 Å². The van der Waals surface area contributed by atoms with Gasteiger partial charge in [-0.2, -0.15) is 0 Å². The van der Waals surface area contributed by atoms with E-state index in [0.717, 1.165) is 13.1 Å². The van der Waals surface area contributed by atoms with Crippen LogP contribution in [0.4, 0.5) is 10.8 Å². The van der Waals surface area contributed by atoms with E-state index < -0.39 is 17.7 Å². The van der Waals surface area contributed by atoms with Crippen molar-refractivity contribution in [3.8, 4) is 0 Å². The average molecular weight is 452 g/mol. The molecule has 1 saturated heterocycles. The molecular formula is C23H25N5O3S. The van der Waals surface area contributed by atoms with E-state index in [0.29, 0.717) is 23.9 Å². The number of carbonyl (C=O) groups is 3. The number of nitrogens with one attached hydrogen (secondary N) is 1. The van der Waals surface area contributed by atoms with Crippen molar-refractivity contribution in [1.82, 2.24) is 9.88 Å². The Labute approximate surface area is 190 Å². The van der Waals surface area contributed by atoms with E-state index in [2.05, 4.69) is 52.2 Å². The fourth-order valence-electron chi connectivity index (χ4n) is 3.79. The molecule has 1 unspecified atom stereocenters. The summed E-state index contributed by atoms with van der Waals surface area (Å²) in [5.74, 6) is -1.90. The van der Waals surface area contributed by atoms with Gasteiger partial charge in [0, 0.05) is 43.5 Å². The molecule has 1 fully saturated rings. The van der Waals surface area contributed by atoms with Crippen molar-refractivity contribution in [1.29, 1.82) is 0 Å². The number of aromatic nitrogens is 1. The zero-order valence-corrected chi connectivity index (χ0v) is 18.9. The van der Waals surface area contributed by atoms with Gasteiger partial charge < -0.3 is 15.1 Å². The molecule has 3 heterocycles. The van der Waals surface area contributed by atoms with Gasteiger partial charge in [0.25, 0.3) is 5.91 Å². The number of hydrogen-bond acceptors (Lipinski definition) is 6. The summed E-state index contributed by atoms with van der Waals surface area (Å²) in [6, 6.07) is 6.44. The summed E-state index contributed by atoms with van der Waals surface area (Å²) in [5, 5.41) is 4.77. The van der Waals surface area contributed by atoms with Gasteiger partial charge in [-0.1, -0.05) is 18.2 Å². The van der Waals surface area contributed by atoms with E-state index in [1.54, 1.807) is 11.5 Å². The van der Waals surface area contributed by atoms with E-state index in [1.165, 1.54) is 40.4 Å². The average Bonchev–Trinajstić information content (AvgIpc) is 3.22. The van der Waals surface area contributed by atoms with Crippen LogP contribution in [0.2, 0.25) is 0 Å². The highest BCUT2D eigenvalue weighted by atomic mass is 32.1. The molecule has 0 radical (unpaired) electrons. The number of hydrogen-bond donors (Lipinski definition) is 1. The number of anilines is 2. The zero-order chi connectivity index (χ0) is 22.7. The summed E-state index contributed by atoms with van der Waals surface area (Å²) >= 11 is 1.24. The number of amides is 3. The Morgan fingerprint density at radius 3 is 2.72 bits per heavy atom. The number of nitrogens with zero attached hydrogens (tertiary/aromatic N) is 4. The van der Waals surface area contributed by atoms with Gasteiger partial charge in [0.1, 0.15) is 5.92 Å². The van der Waals surface area contributed by atoms with Crippen molar-refractivity contribution in [2.45, 2.75) is 20.3 Å². The maximum absolute atomic E-state index is 12.8. The van der Waals surface area contributed by atoms with Gasteiger partial charge in [-0.05, 0) is 37.1 Å². The minimum absolute atomic E-state index is 0.0218. The largest absolute Gasteiger partial charge is 0.368 e. The molecule has 1 N–H and O–H groups in total. The minimum atomic E-state index is -0.942. The first-order valence-corrected chi connectivity index (χ1v) is 11.4. The third-order valence-corrected chi connectivity index (χ3v) is 6.40. The van der Waals surface area contributed by atoms with Crippen molar-refractivity contribution < 1.29 is 14.4 Å². The molecular weight excluding hydrogens is 426 g/mol. The number of rotatable bonds is 5. The molecule has 166 valence electrons. The molecule has 0 saturated carbocycles. The van der Waals surface area contributed by atoms with Gasteiger partial charge in [0.2, 0.25) is 11.8 Å². The molecule has 0 spiro atoms. The van der Waals surface area contributed by atoms with Crippen molar-refractivity contribution in [3.63, 3.8) is 0 Å². The third kappa shape index (κ3) is 4.94. The van der Waals surface area contributed by atoms with Crippen LogP contribution in [0.3, 0.4) is 0 Å². The van der Waals surface area contributed by atoms with Gasteiger partial charge in [-0.15, -0.1) is 11.3 Å². The SMILES string of the molecule is Cc1ccc(C)c(N2CCN(C(=O)Cc3csc(NC(=O)C4C=CC=NC4=O)n3)CC2)c1. The number of aryl methyl sites for hydroxylation is 2. The van der Waals surface area contributed by atoms with Gasteiger partial charge in [-0.25, -0.2) is 9.98 Å². The highest BCUT2D eigenvalue weighted by Gasteiger charge is 2.26. The normalized spacial score (nSPS) is 18.2. The van der Waals surface area contributed by atoms with Crippen LogP contribution in [0.5, 0.6) is 0 Å². The van der Waals surface area contributed by atoms with Gasteiger partial charge >= 0.3 is 0 Å². The lowest BCUT2D eigenvalue weighted by atomic mass is 10.1. The Kier molecular flexibility index (Phi) is 6.45. The van der Waals surface area contributed by atoms with Crippen LogP contribution >= 0.6 is 11.3 Å². The Balaban J connectivity index is 1.30. The number of allylic oxidation sites excluding steroid dienone is 1. The number of aliphatic imine (C=N–C) groups is 1. The van der Waals surface area contributed by atoms with Crippen LogP contribution in [0.15, 0.2) is 40.7 Å². The number of benzene rings is 1. The van der Waals surface area contributed by atoms with Crippen LogP contribution in [-0.4, -0.2) is 60.0 Å². The summed E-state index contributed by atoms with van der Waals surface area (Å²) in [7, 11) is 0. The molecule has 1 aromatic heterocycles. The van der Waals surface area contributed by atoms with E-state index in [1.807, 2.05) is 4.90 Å². The summed E-state index contributed by atoms with van der Waals surface area (Å²) in [6.07, 6.45) is 4.61. The third-order valence-electron chi connectivity index (χ3n) is 5.59. The lowest BCUT2D eigenvalue weighted by molar-refractivity contribution is -0.131. The number of piperazine rings is 1. The summed E-state index contributed by atoms with van der Waals surface area (Å²) in [6.45, 7) is 7.11. The second kappa shape index (κ2) is 9.44. The molecule has 32 heavy (non-hydrogen) atoms. The molecule has 1 atom stereocenters. The molecule has 8 nitrogen and oxygen atoms in total. The molecule has 1 aromatic carbocycles. The van der Waals surface area contributed by atoms with Crippen LogP contribution in [0.1, 0.15) is 16.8 Å². The van der Waals surface area contributed by atoms with Crippen LogP contribution < -0.4 is 10.2 Å². The lowest BCUT2D eigenvalue weighted by Gasteiger charge is -2.37. The van der Waals surface area contributed by atoms with E-state index in [4.69, 9.17) is 0 Å².